The van der Waals surface area contributed by atoms with E-state index >= 15 is 0 Å². The lowest BCUT2D eigenvalue weighted by Crippen LogP contribution is -2.26. The third-order valence-electron chi connectivity index (χ3n) is 3.33. The molecular formula is C16H31N3O. The molecule has 0 aliphatic rings. The van der Waals surface area contributed by atoms with E-state index in [2.05, 4.69) is 56.0 Å². The zero-order valence-corrected chi connectivity index (χ0v) is 13.8. The molecule has 1 N–H and O–H groups in total. The van der Waals surface area contributed by atoms with E-state index in [1.807, 2.05) is 6.26 Å². The number of hydrogen-bond donors (Lipinski definition) is 1. The van der Waals surface area contributed by atoms with Crippen LogP contribution in [0.3, 0.4) is 0 Å². The highest BCUT2D eigenvalue weighted by atomic mass is 16.3. The van der Waals surface area contributed by atoms with Crippen LogP contribution in [-0.2, 0) is 13.1 Å². The summed E-state index contributed by atoms with van der Waals surface area (Å²) in [6, 6.07) is 2.68. The molecule has 1 heterocycles. The summed E-state index contributed by atoms with van der Waals surface area (Å²) >= 11 is 0. The second-order valence-corrected chi connectivity index (χ2v) is 5.98. The molecule has 0 saturated heterocycles. The van der Waals surface area contributed by atoms with Crippen LogP contribution in [0, 0.1) is 0 Å². The summed E-state index contributed by atoms with van der Waals surface area (Å²) in [5, 5.41) is 3.41. The van der Waals surface area contributed by atoms with Gasteiger partial charge in [0, 0.05) is 18.2 Å². The molecule has 0 aliphatic carbocycles. The Hall–Kier alpha value is -0.840. The summed E-state index contributed by atoms with van der Waals surface area (Å²) < 4.78 is 5.66. The van der Waals surface area contributed by atoms with E-state index < -0.39 is 0 Å². The smallest absolute Gasteiger partial charge is 0.118 e. The van der Waals surface area contributed by atoms with Crippen LogP contribution in [0.15, 0.2) is 16.7 Å². The maximum atomic E-state index is 5.66. The first kappa shape index (κ1) is 17.2. The van der Waals surface area contributed by atoms with E-state index in [1.54, 1.807) is 0 Å². The Kier molecular flexibility index (Phi) is 7.88. The number of hydrogen-bond acceptors (Lipinski definition) is 4. The van der Waals surface area contributed by atoms with Crippen molar-refractivity contribution < 1.29 is 4.42 Å². The van der Waals surface area contributed by atoms with Gasteiger partial charge < -0.3 is 14.6 Å². The molecule has 1 aromatic heterocycles. The predicted octanol–water partition coefficient (Wildman–Crippen LogP) is 2.55. The predicted molar refractivity (Wildman–Crippen MR) is 84.8 cm³/mol. The maximum Gasteiger partial charge on any atom is 0.118 e. The van der Waals surface area contributed by atoms with Crippen LogP contribution in [0.2, 0.25) is 0 Å². The van der Waals surface area contributed by atoms with Crippen LogP contribution in [0.1, 0.15) is 38.5 Å². The summed E-state index contributed by atoms with van der Waals surface area (Å²) in [7, 11) is 4.24. The lowest BCUT2D eigenvalue weighted by molar-refractivity contribution is 0.240. The topological polar surface area (TPSA) is 31.6 Å². The van der Waals surface area contributed by atoms with Crippen LogP contribution < -0.4 is 5.32 Å². The fourth-order valence-corrected chi connectivity index (χ4v) is 2.10. The highest BCUT2D eigenvalue weighted by molar-refractivity contribution is 5.12. The second-order valence-electron chi connectivity index (χ2n) is 5.98. The minimum atomic E-state index is 0.506. The van der Waals surface area contributed by atoms with E-state index in [1.165, 1.54) is 12.0 Å². The summed E-state index contributed by atoms with van der Waals surface area (Å²) in [5.74, 6) is 1.07. The SMILES string of the molecule is CCN(CCCN(C)C)Cc1cc(CNC(C)C)co1. The normalized spacial score (nSPS) is 12.0. The van der Waals surface area contributed by atoms with Crippen molar-refractivity contribution >= 4 is 0 Å². The summed E-state index contributed by atoms with van der Waals surface area (Å²) in [6.07, 6.45) is 3.07. The molecule has 0 amide bonds. The largest absolute Gasteiger partial charge is 0.468 e. The molecule has 0 aliphatic heterocycles. The van der Waals surface area contributed by atoms with Gasteiger partial charge in [0.15, 0.2) is 0 Å². The molecule has 0 atom stereocenters. The van der Waals surface area contributed by atoms with Crippen molar-refractivity contribution in [2.45, 2.75) is 46.3 Å². The maximum absolute atomic E-state index is 5.66. The number of rotatable bonds is 10. The first-order valence-corrected chi connectivity index (χ1v) is 7.68. The van der Waals surface area contributed by atoms with E-state index in [0.29, 0.717) is 6.04 Å². The molecule has 4 nitrogen and oxygen atoms in total. The van der Waals surface area contributed by atoms with Crippen molar-refractivity contribution in [1.29, 1.82) is 0 Å². The molecular weight excluding hydrogens is 250 g/mol. The molecule has 0 aromatic carbocycles. The van der Waals surface area contributed by atoms with Crippen LogP contribution in [0.4, 0.5) is 0 Å². The van der Waals surface area contributed by atoms with Crippen molar-refractivity contribution in [2.75, 3.05) is 33.7 Å². The van der Waals surface area contributed by atoms with Gasteiger partial charge in [0.25, 0.3) is 0 Å². The molecule has 1 aromatic rings. The Morgan fingerprint density at radius 3 is 2.60 bits per heavy atom. The summed E-state index contributed by atoms with van der Waals surface area (Å²) in [5.41, 5.74) is 1.23. The van der Waals surface area contributed by atoms with Gasteiger partial charge in [-0.2, -0.15) is 0 Å². The summed E-state index contributed by atoms with van der Waals surface area (Å²) in [4.78, 5) is 4.67. The standard InChI is InChI=1S/C16H31N3O/c1-6-19(9-7-8-18(4)5)12-16-10-15(13-20-16)11-17-14(2)3/h10,13-14,17H,6-9,11-12H2,1-5H3. The highest BCUT2D eigenvalue weighted by Gasteiger charge is 2.08. The van der Waals surface area contributed by atoms with E-state index in [-0.39, 0.29) is 0 Å². The fourth-order valence-electron chi connectivity index (χ4n) is 2.10. The van der Waals surface area contributed by atoms with Gasteiger partial charge in [0.05, 0.1) is 12.8 Å². The van der Waals surface area contributed by atoms with Crippen molar-refractivity contribution in [3.8, 4) is 0 Å². The highest BCUT2D eigenvalue weighted by Crippen LogP contribution is 2.11. The van der Waals surface area contributed by atoms with Crippen LogP contribution in [0.25, 0.3) is 0 Å². The Morgan fingerprint density at radius 1 is 1.25 bits per heavy atom. The number of furan rings is 1. The molecule has 20 heavy (non-hydrogen) atoms. The number of nitrogens with one attached hydrogen (secondary N) is 1. The fraction of sp³-hybridized carbons (Fsp3) is 0.750. The quantitative estimate of drug-likeness (QED) is 0.714. The molecule has 1 rings (SSSR count). The Bertz CT molecular complexity index is 360. The zero-order chi connectivity index (χ0) is 15.0. The first-order valence-electron chi connectivity index (χ1n) is 7.68. The van der Waals surface area contributed by atoms with Crippen molar-refractivity contribution in [1.82, 2.24) is 15.1 Å². The van der Waals surface area contributed by atoms with Gasteiger partial charge >= 0.3 is 0 Å². The van der Waals surface area contributed by atoms with Crippen molar-refractivity contribution in [3.63, 3.8) is 0 Å². The van der Waals surface area contributed by atoms with Gasteiger partial charge in [0.2, 0.25) is 0 Å². The van der Waals surface area contributed by atoms with Gasteiger partial charge in [-0.3, -0.25) is 4.90 Å². The van der Waals surface area contributed by atoms with Crippen LogP contribution in [0.5, 0.6) is 0 Å². The molecule has 4 heteroatoms. The molecule has 0 spiro atoms. The monoisotopic (exact) mass is 281 g/mol. The Balaban J connectivity index is 2.37. The Labute approximate surface area is 124 Å². The third-order valence-corrected chi connectivity index (χ3v) is 3.33. The van der Waals surface area contributed by atoms with Crippen molar-refractivity contribution in [2.24, 2.45) is 0 Å². The molecule has 0 unspecified atom stereocenters. The summed E-state index contributed by atoms with van der Waals surface area (Å²) in [6.45, 7) is 11.6. The third kappa shape index (κ3) is 7.08. The molecule has 0 bridgehead atoms. The molecule has 0 radical (unpaired) electrons. The molecule has 0 saturated carbocycles. The minimum absolute atomic E-state index is 0.506. The van der Waals surface area contributed by atoms with Gasteiger partial charge in [0.1, 0.15) is 5.76 Å². The molecule has 116 valence electrons. The van der Waals surface area contributed by atoms with Gasteiger partial charge in [-0.1, -0.05) is 20.8 Å². The van der Waals surface area contributed by atoms with Crippen molar-refractivity contribution in [3.05, 3.63) is 23.7 Å². The zero-order valence-electron chi connectivity index (χ0n) is 13.8. The molecule has 0 fully saturated rings. The van der Waals surface area contributed by atoms with E-state index in [0.717, 1.165) is 38.5 Å². The number of nitrogens with zero attached hydrogens (tertiary/aromatic N) is 2. The second kappa shape index (κ2) is 9.16. The Morgan fingerprint density at radius 2 is 2.00 bits per heavy atom. The van der Waals surface area contributed by atoms with Gasteiger partial charge in [-0.15, -0.1) is 0 Å². The average molecular weight is 281 g/mol. The van der Waals surface area contributed by atoms with Gasteiger partial charge in [-0.25, -0.2) is 0 Å². The van der Waals surface area contributed by atoms with Crippen LogP contribution in [-0.4, -0.2) is 49.6 Å². The average Bonchev–Trinajstić information content (AvgIpc) is 2.82. The lowest BCUT2D eigenvalue weighted by atomic mass is 10.2. The minimum Gasteiger partial charge on any atom is -0.468 e. The van der Waals surface area contributed by atoms with Gasteiger partial charge in [-0.05, 0) is 46.2 Å². The lowest BCUT2D eigenvalue weighted by Gasteiger charge is -2.20. The first-order chi connectivity index (χ1) is 9.51. The van der Waals surface area contributed by atoms with Crippen LogP contribution >= 0.6 is 0 Å². The van der Waals surface area contributed by atoms with E-state index in [4.69, 9.17) is 4.42 Å². The van der Waals surface area contributed by atoms with E-state index in [9.17, 15) is 0 Å².